The van der Waals surface area contributed by atoms with Crippen LogP contribution in [0.25, 0.3) is 33.2 Å². The van der Waals surface area contributed by atoms with Crippen LogP contribution in [0, 0.1) is 11.8 Å². The molecule has 0 bridgehead atoms. The molecular formula is C35H42N6Na2O5. The smallest absolute Gasteiger partial charge is 1.00 e. The average molecular weight is 673 g/mol. The molecule has 0 aliphatic carbocycles. The molecular weight excluding hydrogens is 630 g/mol. The molecule has 2 aliphatic rings. The maximum atomic E-state index is 13.4. The Morgan fingerprint density at radius 1 is 0.708 bits per heavy atom. The predicted octanol–water partition coefficient (Wildman–Crippen LogP) is 2.24. The van der Waals surface area contributed by atoms with Crippen LogP contribution >= 0.6 is 0 Å². The van der Waals surface area contributed by atoms with Crippen molar-refractivity contribution in [1.82, 2.24) is 29.4 Å². The molecule has 0 unspecified atom stereocenters. The van der Waals surface area contributed by atoms with E-state index in [1.165, 1.54) is 9.80 Å². The number of hydrogen-bond donors (Lipinski definition) is 0. The van der Waals surface area contributed by atoms with Crippen LogP contribution in [0.4, 0.5) is 14.4 Å². The molecule has 2 aromatic carbocycles. The Hall–Kier alpha value is -2.93. The van der Waals surface area contributed by atoms with Gasteiger partial charge in [-0.2, -0.15) is 10.2 Å². The molecule has 6 rings (SSSR count). The number of benzene rings is 2. The summed E-state index contributed by atoms with van der Waals surface area (Å²) in [7, 11) is 0. The van der Waals surface area contributed by atoms with E-state index in [0.29, 0.717) is 24.5 Å². The summed E-state index contributed by atoms with van der Waals surface area (Å²) >= 11 is 0. The zero-order valence-electron chi connectivity index (χ0n) is 31.1. The van der Waals surface area contributed by atoms with Gasteiger partial charge in [0.1, 0.15) is 0 Å². The number of rotatable bonds is 4. The average Bonchev–Trinajstić information content (AvgIpc) is 3.65. The monoisotopic (exact) mass is 672 g/mol. The zero-order valence-corrected chi connectivity index (χ0v) is 33.1. The summed E-state index contributed by atoms with van der Waals surface area (Å²) in [5.41, 5.74) is 4.85. The number of nitrogens with zero attached hydrogens (tertiary/aromatic N) is 6. The van der Waals surface area contributed by atoms with E-state index in [1.807, 2.05) is 71.8 Å². The van der Waals surface area contributed by atoms with E-state index < -0.39 is 18.3 Å². The van der Waals surface area contributed by atoms with Crippen molar-refractivity contribution >= 4 is 51.5 Å². The van der Waals surface area contributed by atoms with Crippen molar-refractivity contribution in [3.8, 4) is 0 Å². The second-order valence-electron chi connectivity index (χ2n) is 13.0. The summed E-state index contributed by atoms with van der Waals surface area (Å²) in [4.78, 5) is 42.5. The van der Waals surface area contributed by atoms with E-state index in [1.54, 1.807) is 12.4 Å². The summed E-state index contributed by atoms with van der Waals surface area (Å²) < 4.78 is 14.1. The van der Waals surface area contributed by atoms with Crippen LogP contribution in [0.5, 0.6) is 0 Å². The van der Waals surface area contributed by atoms with Crippen molar-refractivity contribution in [2.24, 2.45) is 11.8 Å². The van der Waals surface area contributed by atoms with Gasteiger partial charge in [-0.25, -0.2) is 14.4 Å². The number of carbonyl (C=O) groups excluding carboxylic acids is 3. The van der Waals surface area contributed by atoms with E-state index in [0.717, 1.165) is 45.8 Å². The molecule has 11 nitrogen and oxygen atoms in total. The molecule has 0 N–H and O–H groups in total. The van der Waals surface area contributed by atoms with E-state index >= 15 is 0 Å². The Labute approximate surface area is 327 Å². The molecule has 0 radical (unpaired) electrons. The molecule has 4 heterocycles. The summed E-state index contributed by atoms with van der Waals surface area (Å²) in [5, 5.41) is 10.9. The Bertz CT molecular complexity index is 1770. The molecule has 0 saturated carbocycles. The van der Waals surface area contributed by atoms with Crippen LogP contribution in [0.15, 0.2) is 60.9 Å². The fourth-order valence-electron chi connectivity index (χ4n) is 6.23. The molecule has 244 valence electrons. The SMILES string of the molecule is CC(C)n1ncc2cc(C3=CC[C@H](C)CN3C(=O)OC(=O)OC(=O)N3C[C@@H](C)CC=C3c3ccc4c(cnn4C(C)C)c3)ccc21.[H-].[H-].[Na+].[Na+]. The number of amides is 2. The standard InChI is InChI=1S/C35H40N6O5.2Na.2H/c1-21(2)40-31-13-9-25(15-27(31)17-36-40)29-11-7-23(5)19-38(29)33(42)45-35(44)46-34(43)39-20-24(6)8-12-30(39)26-10-14-32-28(16-26)18-37-41(32)22(3)4;;;;/h9-18,21-24H,7-8,19-20H2,1-6H3;;;;/q;2*+1;2*-1/t23-,24-;;;;/m0..../s1. The topological polar surface area (TPSA) is 112 Å². The summed E-state index contributed by atoms with van der Waals surface area (Å²) in [5.74, 6) is 0.294. The van der Waals surface area contributed by atoms with Crippen LogP contribution in [-0.4, -0.2) is 60.8 Å². The van der Waals surface area contributed by atoms with Crippen LogP contribution in [-0.2, 0) is 9.47 Å². The van der Waals surface area contributed by atoms with E-state index in [9.17, 15) is 14.4 Å². The molecule has 13 heteroatoms. The predicted molar refractivity (Wildman–Crippen MR) is 178 cm³/mol. The van der Waals surface area contributed by atoms with E-state index in [4.69, 9.17) is 9.47 Å². The second kappa shape index (κ2) is 15.7. The van der Waals surface area contributed by atoms with Crippen molar-refractivity contribution in [2.75, 3.05) is 13.1 Å². The number of aromatic nitrogens is 4. The Balaban J connectivity index is 0.00000217. The minimum Gasteiger partial charge on any atom is -1.00 e. The van der Waals surface area contributed by atoms with E-state index in [-0.39, 0.29) is 85.9 Å². The molecule has 0 spiro atoms. The first-order valence-corrected chi connectivity index (χ1v) is 15.9. The van der Waals surface area contributed by atoms with Crippen molar-refractivity contribution in [1.29, 1.82) is 0 Å². The number of allylic oxidation sites excluding steroid dienone is 2. The van der Waals surface area contributed by atoms with Gasteiger partial charge in [0.05, 0.1) is 34.8 Å². The summed E-state index contributed by atoms with van der Waals surface area (Å²) in [6.45, 7) is 13.0. The van der Waals surface area contributed by atoms with Crippen LogP contribution < -0.4 is 59.1 Å². The van der Waals surface area contributed by atoms with Gasteiger partial charge in [-0.3, -0.25) is 19.2 Å². The molecule has 2 amide bonds. The first kappa shape index (κ1) is 37.9. The largest absolute Gasteiger partial charge is 1.00 e. The quantitative estimate of drug-likeness (QED) is 0.186. The van der Waals surface area contributed by atoms with Gasteiger partial charge < -0.3 is 12.3 Å². The molecule has 2 aromatic heterocycles. The third-order valence-corrected chi connectivity index (χ3v) is 8.54. The number of carbonyl (C=O) groups is 3. The van der Waals surface area contributed by atoms with Gasteiger partial charge in [0.25, 0.3) is 0 Å². The third-order valence-electron chi connectivity index (χ3n) is 8.54. The van der Waals surface area contributed by atoms with Gasteiger partial charge in [-0.1, -0.05) is 38.1 Å². The zero-order chi connectivity index (χ0) is 32.7. The molecule has 2 aliphatic heterocycles. The van der Waals surface area contributed by atoms with Crippen LogP contribution in [0.2, 0.25) is 0 Å². The van der Waals surface area contributed by atoms with Gasteiger partial charge in [0.2, 0.25) is 0 Å². The van der Waals surface area contributed by atoms with Gasteiger partial charge >= 0.3 is 77.5 Å². The molecule has 0 fully saturated rings. The van der Waals surface area contributed by atoms with Gasteiger partial charge in [0, 0.05) is 35.9 Å². The van der Waals surface area contributed by atoms with Gasteiger partial charge in [-0.05, 0) is 87.8 Å². The number of fused-ring (bicyclic) bond motifs is 2. The van der Waals surface area contributed by atoms with Crippen LogP contribution in [0.1, 0.15) is 80.4 Å². The first-order valence-electron chi connectivity index (χ1n) is 15.9. The van der Waals surface area contributed by atoms with E-state index in [2.05, 4.69) is 37.9 Å². The first-order chi connectivity index (χ1) is 22.0. The third kappa shape index (κ3) is 7.77. The summed E-state index contributed by atoms with van der Waals surface area (Å²) in [6, 6.07) is 12.2. The number of hydrogen-bond acceptors (Lipinski definition) is 7. The second-order valence-corrected chi connectivity index (χ2v) is 13.0. The Kier molecular flexibility index (Phi) is 12.4. The summed E-state index contributed by atoms with van der Waals surface area (Å²) in [6.07, 6.45) is 5.89. The Morgan fingerprint density at radius 3 is 1.48 bits per heavy atom. The normalized spacial score (nSPS) is 17.9. The van der Waals surface area contributed by atoms with Crippen molar-refractivity contribution < 1.29 is 85.8 Å². The fraction of sp³-hybridized carbons (Fsp3) is 0.400. The minimum absolute atomic E-state index is 0. The fourth-order valence-corrected chi connectivity index (χ4v) is 6.23. The number of ether oxygens (including phenoxy) is 2. The molecule has 48 heavy (non-hydrogen) atoms. The van der Waals surface area contributed by atoms with Gasteiger partial charge in [0.15, 0.2) is 0 Å². The van der Waals surface area contributed by atoms with Crippen molar-refractivity contribution in [3.63, 3.8) is 0 Å². The maximum Gasteiger partial charge on any atom is 1.00 e. The van der Waals surface area contributed by atoms with Crippen molar-refractivity contribution in [2.45, 2.75) is 66.5 Å². The van der Waals surface area contributed by atoms with Gasteiger partial charge in [-0.15, -0.1) is 0 Å². The molecule has 4 aromatic rings. The molecule has 0 saturated heterocycles. The minimum atomic E-state index is -1.37. The molecule has 2 atom stereocenters. The van der Waals surface area contributed by atoms with Crippen LogP contribution in [0.3, 0.4) is 0 Å². The van der Waals surface area contributed by atoms with Crippen molar-refractivity contribution in [3.05, 3.63) is 72.1 Å². The maximum absolute atomic E-state index is 13.4. The Morgan fingerprint density at radius 2 is 1.10 bits per heavy atom.